The first-order valence-electron chi connectivity index (χ1n) is 5.26. The van der Waals surface area contributed by atoms with Gasteiger partial charge in [-0.05, 0) is 36.0 Å². The summed E-state index contributed by atoms with van der Waals surface area (Å²) in [6.45, 7) is 2.06. The third-order valence-corrected chi connectivity index (χ3v) is 3.39. The zero-order valence-electron chi connectivity index (χ0n) is 9.01. The Kier molecular flexibility index (Phi) is 2.49. The maximum atomic E-state index is 12.3. The Bertz CT molecular complexity index is 376. The number of hydrogen-bond acceptors (Lipinski definition) is 1. The van der Waals surface area contributed by atoms with Crippen LogP contribution in [0.1, 0.15) is 36.9 Å². The predicted octanol–water partition coefficient (Wildman–Crippen LogP) is 3.51. The molecule has 2 rings (SSSR count). The van der Waals surface area contributed by atoms with Gasteiger partial charge in [0.2, 0.25) is 0 Å². The van der Waals surface area contributed by atoms with Gasteiger partial charge in [-0.25, -0.2) is 0 Å². The minimum atomic E-state index is -4.27. The Morgan fingerprint density at radius 1 is 1.19 bits per heavy atom. The van der Waals surface area contributed by atoms with Crippen molar-refractivity contribution >= 4 is 0 Å². The summed E-state index contributed by atoms with van der Waals surface area (Å²) in [5, 5.41) is 0. The molecule has 1 fully saturated rings. The minimum Gasteiger partial charge on any atom is -0.323 e. The Balaban J connectivity index is 2.19. The van der Waals surface area contributed by atoms with E-state index in [1.165, 1.54) is 12.1 Å². The maximum absolute atomic E-state index is 12.3. The molecule has 1 nitrogen and oxygen atoms in total. The normalized spacial score (nSPS) is 20.6. The molecule has 1 atom stereocenters. The van der Waals surface area contributed by atoms with Gasteiger partial charge in [-0.15, -0.1) is 0 Å². The van der Waals surface area contributed by atoms with E-state index in [-0.39, 0.29) is 11.5 Å². The lowest BCUT2D eigenvalue weighted by atomic mass is 9.92. The van der Waals surface area contributed by atoms with Gasteiger partial charge in [-0.2, -0.15) is 13.2 Å². The summed E-state index contributed by atoms with van der Waals surface area (Å²) in [4.78, 5) is 0. The lowest BCUT2D eigenvalue weighted by molar-refractivity contribution is -0.137. The van der Waals surface area contributed by atoms with Crippen LogP contribution in [0.3, 0.4) is 0 Å². The molecule has 0 aliphatic heterocycles. The van der Waals surface area contributed by atoms with E-state index in [9.17, 15) is 13.2 Å². The summed E-state index contributed by atoms with van der Waals surface area (Å²) in [5.41, 5.74) is 6.26. The number of hydrogen-bond donors (Lipinski definition) is 1. The van der Waals surface area contributed by atoms with Crippen LogP contribution in [-0.2, 0) is 6.18 Å². The fourth-order valence-corrected chi connectivity index (χ4v) is 1.79. The molecule has 1 aliphatic carbocycles. The first-order valence-corrected chi connectivity index (χ1v) is 5.26. The van der Waals surface area contributed by atoms with E-state index in [0.29, 0.717) is 0 Å². The second-order valence-electron chi connectivity index (χ2n) is 4.75. The van der Waals surface area contributed by atoms with E-state index in [1.54, 1.807) is 0 Å². The summed E-state index contributed by atoms with van der Waals surface area (Å²) >= 11 is 0. The molecule has 0 bridgehead atoms. The highest BCUT2D eigenvalue weighted by Gasteiger charge is 2.43. The summed E-state index contributed by atoms with van der Waals surface area (Å²) in [6, 6.07) is 5.01. The van der Waals surface area contributed by atoms with E-state index in [2.05, 4.69) is 6.92 Å². The van der Waals surface area contributed by atoms with Crippen molar-refractivity contribution in [1.82, 2.24) is 0 Å². The lowest BCUT2D eigenvalue weighted by Crippen LogP contribution is -2.20. The average Bonchev–Trinajstić information content (AvgIpc) is 2.96. The van der Waals surface area contributed by atoms with Crippen molar-refractivity contribution in [3.8, 4) is 0 Å². The van der Waals surface area contributed by atoms with Crippen molar-refractivity contribution in [3.63, 3.8) is 0 Å². The lowest BCUT2D eigenvalue weighted by Gasteiger charge is -2.19. The fraction of sp³-hybridized carbons (Fsp3) is 0.500. The van der Waals surface area contributed by atoms with Gasteiger partial charge in [-0.1, -0.05) is 19.1 Å². The van der Waals surface area contributed by atoms with Gasteiger partial charge in [0.1, 0.15) is 0 Å². The molecular weight excluding hydrogens is 215 g/mol. The molecule has 1 saturated carbocycles. The molecule has 0 radical (unpaired) electrons. The van der Waals surface area contributed by atoms with Gasteiger partial charge in [0.15, 0.2) is 0 Å². The summed E-state index contributed by atoms with van der Waals surface area (Å²) < 4.78 is 37.0. The van der Waals surface area contributed by atoms with Crippen LogP contribution >= 0.6 is 0 Å². The monoisotopic (exact) mass is 229 g/mol. The van der Waals surface area contributed by atoms with Crippen LogP contribution in [0.4, 0.5) is 13.2 Å². The van der Waals surface area contributed by atoms with Crippen molar-refractivity contribution in [2.75, 3.05) is 0 Å². The van der Waals surface area contributed by atoms with E-state index >= 15 is 0 Å². The Morgan fingerprint density at radius 3 is 2.06 bits per heavy atom. The third kappa shape index (κ3) is 2.07. The van der Waals surface area contributed by atoms with Crippen LogP contribution in [0.15, 0.2) is 24.3 Å². The van der Waals surface area contributed by atoms with Crippen molar-refractivity contribution in [2.24, 2.45) is 11.1 Å². The number of halogens is 3. The quantitative estimate of drug-likeness (QED) is 0.825. The number of rotatable bonds is 2. The molecule has 1 aliphatic rings. The molecule has 88 valence electrons. The van der Waals surface area contributed by atoms with Crippen molar-refractivity contribution in [2.45, 2.75) is 32.0 Å². The second kappa shape index (κ2) is 3.48. The molecule has 0 heterocycles. The topological polar surface area (TPSA) is 26.0 Å². The molecule has 0 saturated heterocycles. The molecule has 0 amide bonds. The summed E-state index contributed by atoms with van der Waals surface area (Å²) in [6.07, 6.45) is -2.17. The Hall–Kier alpha value is -1.03. The van der Waals surface area contributed by atoms with Crippen LogP contribution in [0.25, 0.3) is 0 Å². The van der Waals surface area contributed by atoms with Crippen LogP contribution in [0.2, 0.25) is 0 Å². The van der Waals surface area contributed by atoms with Crippen molar-refractivity contribution in [3.05, 3.63) is 35.4 Å². The Labute approximate surface area is 92.5 Å². The van der Waals surface area contributed by atoms with Gasteiger partial charge in [0, 0.05) is 6.04 Å². The SMILES string of the molecule is CC1([C@@H](N)c2ccc(C(F)(F)F)cc2)CC1. The molecule has 1 aromatic carbocycles. The van der Waals surface area contributed by atoms with Crippen LogP contribution in [-0.4, -0.2) is 0 Å². The average molecular weight is 229 g/mol. The van der Waals surface area contributed by atoms with Gasteiger partial charge in [0.05, 0.1) is 5.56 Å². The zero-order chi connectivity index (χ0) is 12.0. The highest BCUT2D eigenvalue weighted by Crippen LogP contribution is 2.53. The van der Waals surface area contributed by atoms with E-state index in [1.807, 2.05) is 0 Å². The van der Waals surface area contributed by atoms with Crippen LogP contribution in [0, 0.1) is 5.41 Å². The third-order valence-electron chi connectivity index (χ3n) is 3.39. The maximum Gasteiger partial charge on any atom is 0.416 e. The fourth-order valence-electron chi connectivity index (χ4n) is 1.79. The van der Waals surface area contributed by atoms with E-state index in [0.717, 1.165) is 30.5 Å². The van der Waals surface area contributed by atoms with Gasteiger partial charge >= 0.3 is 6.18 Å². The van der Waals surface area contributed by atoms with Crippen LogP contribution < -0.4 is 5.73 Å². The van der Waals surface area contributed by atoms with Gasteiger partial charge in [-0.3, -0.25) is 0 Å². The number of nitrogens with two attached hydrogens (primary N) is 1. The predicted molar refractivity (Wildman–Crippen MR) is 55.7 cm³/mol. The molecule has 16 heavy (non-hydrogen) atoms. The van der Waals surface area contributed by atoms with Crippen molar-refractivity contribution < 1.29 is 13.2 Å². The second-order valence-corrected chi connectivity index (χ2v) is 4.75. The first-order chi connectivity index (χ1) is 7.33. The minimum absolute atomic E-state index is 0.0831. The molecular formula is C12H14F3N. The van der Waals surface area contributed by atoms with E-state index in [4.69, 9.17) is 5.73 Å². The first kappa shape index (κ1) is 11.5. The molecule has 0 spiro atoms. The standard InChI is InChI=1S/C12H14F3N/c1-11(6-7-11)10(16)8-2-4-9(5-3-8)12(13,14)15/h2-5,10H,6-7,16H2,1H3/t10-/m0/s1. The zero-order valence-corrected chi connectivity index (χ0v) is 9.01. The molecule has 4 heteroatoms. The largest absolute Gasteiger partial charge is 0.416 e. The molecule has 0 unspecified atom stereocenters. The summed E-state index contributed by atoms with van der Waals surface area (Å²) in [7, 11) is 0. The van der Waals surface area contributed by atoms with E-state index < -0.39 is 11.7 Å². The smallest absolute Gasteiger partial charge is 0.323 e. The molecule has 2 N–H and O–H groups in total. The van der Waals surface area contributed by atoms with Crippen LogP contribution in [0.5, 0.6) is 0 Å². The Morgan fingerprint density at radius 2 is 1.69 bits per heavy atom. The molecule has 0 aromatic heterocycles. The number of alkyl halides is 3. The van der Waals surface area contributed by atoms with Crippen molar-refractivity contribution in [1.29, 1.82) is 0 Å². The highest BCUT2D eigenvalue weighted by molar-refractivity contribution is 5.28. The van der Waals surface area contributed by atoms with Gasteiger partial charge < -0.3 is 5.73 Å². The highest BCUT2D eigenvalue weighted by atomic mass is 19.4. The molecule has 1 aromatic rings. The number of benzene rings is 1. The summed E-state index contributed by atoms with van der Waals surface area (Å²) in [5.74, 6) is 0. The van der Waals surface area contributed by atoms with Gasteiger partial charge in [0.25, 0.3) is 0 Å².